The average Bonchev–Trinajstić information content (AvgIpc) is 3.00. The fraction of sp³-hybridized carbons (Fsp3) is 0.850. The molecule has 2 unspecified atom stereocenters. The third kappa shape index (κ3) is 11.1. The fourth-order valence-electron chi connectivity index (χ4n) is 3.17. The predicted octanol–water partition coefficient (Wildman–Crippen LogP) is 5.54. The van der Waals surface area contributed by atoms with Gasteiger partial charge in [-0.15, -0.1) is 0 Å². The number of aliphatic carboxylic acids is 1. The molecule has 1 rings (SSSR count). The largest absolute Gasteiger partial charge is 0.481 e. The average molecular weight is 357 g/mol. The lowest BCUT2D eigenvalue weighted by Gasteiger charge is -2.16. The van der Waals surface area contributed by atoms with E-state index >= 15 is 0 Å². The number of thioether (sulfide) groups is 1. The number of hydrogen-bond donors (Lipinski definition) is 1. The van der Waals surface area contributed by atoms with Crippen LogP contribution in [0.2, 0.25) is 0 Å². The Labute approximate surface area is 152 Å². The number of carboxylic acid groups (broad SMARTS) is 1. The summed E-state index contributed by atoms with van der Waals surface area (Å²) >= 11 is 2.04. The van der Waals surface area contributed by atoms with E-state index in [1.165, 1.54) is 44.3 Å². The predicted molar refractivity (Wildman–Crippen MR) is 104 cm³/mol. The van der Waals surface area contributed by atoms with Crippen LogP contribution in [0.5, 0.6) is 0 Å². The Bertz CT molecular complexity index is 344. The van der Waals surface area contributed by atoms with Crippen molar-refractivity contribution < 1.29 is 14.6 Å². The van der Waals surface area contributed by atoms with E-state index in [1.54, 1.807) is 0 Å². The SMILES string of the molecule is CCCCC/C=C/CSCC1COCC1CCCCCCC(=O)O. The lowest BCUT2D eigenvalue weighted by molar-refractivity contribution is -0.137. The Hall–Kier alpha value is -0.480. The Morgan fingerprint density at radius 3 is 2.67 bits per heavy atom. The number of unbranched alkanes of at least 4 members (excludes halogenated alkanes) is 6. The van der Waals surface area contributed by atoms with Crippen molar-refractivity contribution in [1.29, 1.82) is 0 Å². The lowest BCUT2D eigenvalue weighted by Crippen LogP contribution is -2.15. The van der Waals surface area contributed by atoms with Crippen molar-refractivity contribution in [3.63, 3.8) is 0 Å². The van der Waals surface area contributed by atoms with E-state index in [1.807, 2.05) is 11.8 Å². The minimum atomic E-state index is -0.671. The van der Waals surface area contributed by atoms with Crippen molar-refractivity contribution in [1.82, 2.24) is 0 Å². The number of ether oxygens (including phenoxy) is 1. The zero-order chi connectivity index (χ0) is 17.5. The van der Waals surface area contributed by atoms with Crippen LogP contribution in [0.25, 0.3) is 0 Å². The van der Waals surface area contributed by atoms with Gasteiger partial charge >= 0.3 is 5.97 Å². The molecule has 0 spiro atoms. The van der Waals surface area contributed by atoms with Crippen LogP contribution in [0, 0.1) is 11.8 Å². The van der Waals surface area contributed by atoms with Crippen LogP contribution in [0.4, 0.5) is 0 Å². The normalized spacial score (nSPS) is 20.9. The molecule has 1 aliphatic heterocycles. The zero-order valence-corrected chi connectivity index (χ0v) is 16.2. The van der Waals surface area contributed by atoms with Crippen LogP contribution >= 0.6 is 11.8 Å². The quantitative estimate of drug-likeness (QED) is 0.309. The van der Waals surface area contributed by atoms with Gasteiger partial charge in [0.2, 0.25) is 0 Å². The molecule has 0 aromatic rings. The molecule has 1 aliphatic rings. The topological polar surface area (TPSA) is 46.5 Å². The molecule has 0 aromatic carbocycles. The highest BCUT2D eigenvalue weighted by Gasteiger charge is 2.27. The number of rotatable bonds is 15. The van der Waals surface area contributed by atoms with Crippen molar-refractivity contribution in [2.45, 2.75) is 71.1 Å². The van der Waals surface area contributed by atoms with Gasteiger partial charge < -0.3 is 9.84 Å². The standard InChI is InChI=1S/C20H36O3S/c1-2-3-4-5-8-11-14-24-17-19-16-23-15-18(19)12-9-6-7-10-13-20(21)22/h8,11,18-19H,2-7,9-10,12-17H2,1H3,(H,21,22)/b11-8+. The first kappa shape index (κ1) is 21.6. The van der Waals surface area contributed by atoms with Crippen LogP contribution in [-0.4, -0.2) is 35.8 Å². The summed E-state index contributed by atoms with van der Waals surface area (Å²) in [5, 5.41) is 8.63. The second-order valence-electron chi connectivity index (χ2n) is 6.91. The third-order valence-electron chi connectivity index (χ3n) is 4.73. The third-order valence-corrected chi connectivity index (χ3v) is 5.83. The Kier molecular flexibility index (Phi) is 13.3. The fourth-order valence-corrected chi connectivity index (χ4v) is 4.25. The second-order valence-corrected chi connectivity index (χ2v) is 7.98. The number of hydrogen-bond acceptors (Lipinski definition) is 3. The summed E-state index contributed by atoms with van der Waals surface area (Å²) in [5.74, 6) is 3.09. The first-order chi connectivity index (χ1) is 11.7. The molecule has 24 heavy (non-hydrogen) atoms. The molecule has 4 heteroatoms. The first-order valence-corrected chi connectivity index (χ1v) is 10.9. The highest BCUT2D eigenvalue weighted by Crippen LogP contribution is 2.29. The molecule has 0 aliphatic carbocycles. The van der Waals surface area contributed by atoms with Gasteiger partial charge in [-0.1, -0.05) is 51.2 Å². The molecule has 1 heterocycles. The van der Waals surface area contributed by atoms with Gasteiger partial charge in [-0.3, -0.25) is 4.79 Å². The highest BCUT2D eigenvalue weighted by atomic mass is 32.2. The summed E-state index contributed by atoms with van der Waals surface area (Å²) in [6, 6.07) is 0. The zero-order valence-electron chi connectivity index (χ0n) is 15.4. The number of carboxylic acids is 1. The van der Waals surface area contributed by atoms with Crippen LogP contribution in [-0.2, 0) is 9.53 Å². The molecular formula is C20H36O3S. The van der Waals surface area contributed by atoms with Crippen LogP contribution in [0.1, 0.15) is 71.1 Å². The summed E-state index contributed by atoms with van der Waals surface area (Å²) in [4.78, 5) is 10.5. The molecule has 0 radical (unpaired) electrons. The maximum Gasteiger partial charge on any atom is 0.303 e. The molecule has 140 valence electrons. The molecule has 1 N–H and O–H groups in total. The van der Waals surface area contributed by atoms with Gasteiger partial charge in [-0.2, -0.15) is 11.8 Å². The van der Waals surface area contributed by atoms with Crippen LogP contribution < -0.4 is 0 Å². The molecule has 0 amide bonds. The summed E-state index contributed by atoms with van der Waals surface area (Å²) in [7, 11) is 0. The van der Waals surface area contributed by atoms with Crippen molar-refractivity contribution in [3.8, 4) is 0 Å². The summed E-state index contributed by atoms with van der Waals surface area (Å²) in [6.07, 6.45) is 15.6. The van der Waals surface area contributed by atoms with Crippen molar-refractivity contribution in [2.24, 2.45) is 11.8 Å². The molecule has 1 saturated heterocycles. The van der Waals surface area contributed by atoms with Gasteiger partial charge in [0.15, 0.2) is 0 Å². The second kappa shape index (κ2) is 14.8. The molecular weight excluding hydrogens is 320 g/mol. The number of allylic oxidation sites excluding steroid dienone is 1. The van der Waals surface area contributed by atoms with Gasteiger partial charge in [0, 0.05) is 18.8 Å². The van der Waals surface area contributed by atoms with Crippen LogP contribution in [0.15, 0.2) is 12.2 Å². The lowest BCUT2D eigenvalue weighted by atomic mass is 9.92. The smallest absolute Gasteiger partial charge is 0.303 e. The van der Waals surface area contributed by atoms with Gasteiger partial charge in [0.05, 0.1) is 6.61 Å². The summed E-state index contributed by atoms with van der Waals surface area (Å²) in [5.41, 5.74) is 0. The van der Waals surface area contributed by atoms with E-state index in [9.17, 15) is 4.79 Å². The molecule has 1 fully saturated rings. The van der Waals surface area contributed by atoms with E-state index in [0.717, 1.165) is 38.2 Å². The molecule has 0 bridgehead atoms. The van der Waals surface area contributed by atoms with Crippen molar-refractivity contribution in [3.05, 3.63) is 12.2 Å². The number of carbonyl (C=O) groups is 1. The summed E-state index contributed by atoms with van der Waals surface area (Å²) < 4.78 is 5.69. The maximum absolute atomic E-state index is 10.5. The van der Waals surface area contributed by atoms with Gasteiger partial charge in [-0.05, 0) is 43.3 Å². The van der Waals surface area contributed by atoms with Gasteiger partial charge in [-0.25, -0.2) is 0 Å². The first-order valence-electron chi connectivity index (χ1n) is 9.76. The minimum absolute atomic E-state index is 0.317. The molecule has 0 aromatic heterocycles. The van der Waals surface area contributed by atoms with Gasteiger partial charge in [0.25, 0.3) is 0 Å². The van der Waals surface area contributed by atoms with E-state index in [-0.39, 0.29) is 0 Å². The van der Waals surface area contributed by atoms with E-state index in [2.05, 4.69) is 19.1 Å². The van der Waals surface area contributed by atoms with Crippen LogP contribution in [0.3, 0.4) is 0 Å². The minimum Gasteiger partial charge on any atom is -0.481 e. The molecule has 2 atom stereocenters. The Morgan fingerprint density at radius 1 is 1.08 bits per heavy atom. The summed E-state index contributed by atoms with van der Waals surface area (Å²) in [6.45, 7) is 4.10. The van der Waals surface area contributed by atoms with Crippen molar-refractivity contribution in [2.75, 3.05) is 24.7 Å². The monoisotopic (exact) mass is 356 g/mol. The van der Waals surface area contributed by atoms with Crippen molar-refractivity contribution >= 4 is 17.7 Å². The van der Waals surface area contributed by atoms with E-state index in [0.29, 0.717) is 18.3 Å². The molecule has 0 saturated carbocycles. The van der Waals surface area contributed by atoms with E-state index in [4.69, 9.17) is 9.84 Å². The maximum atomic E-state index is 10.5. The van der Waals surface area contributed by atoms with Gasteiger partial charge in [0.1, 0.15) is 0 Å². The Morgan fingerprint density at radius 2 is 1.88 bits per heavy atom. The van der Waals surface area contributed by atoms with E-state index < -0.39 is 5.97 Å². The molecule has 3 nitrogen and oxygen atoms in total. The Balaban J connectivity index is 2.01. The highest BCUT2D eigenvalue weighted by molar-refractivity contribution is 7.99.